The fraction of sp³-hybridized carbons (Fsp3) is 0.565. The lowest BCUT2D eigenvalue weighted by Gasteiger charge is -2.31. The fourth-order valence-electron chi connectivity index (χ4n) is 5.19. The lowest BCUT2D eigenvalue weighted by molar-refractivity contribution is -0.115. The lowest BCUT2D eigenvalue weighted by atomic mass is 9.88. The SMILES string of the molecule is NC(=O)c1ccc(N2C(=O)C(CCO)=C3CCCCC32)cc1NC1CCC(O)CC1. The Labute approximate surface area is 176 Å². The third-order valence-corrected chi connectivity index (χ3v) is 6.72. The second-order valence-corrected chi connectivity index (χ2v) is 8.66. The van der Waals surface area contributed by atoms with Crippen molar-refractivity contribution >= 4 is 23.2 Å². The smallest absolute Gasteiger partial charge is 0.254 e. The van der Waals surface area contributed by atoms with Gasteiger partial charge >= 0.3 is 0 Å². The van der Waals surface area contributed by atoms with Crippen molar-refractivity contribution in [3.63, 3.8) is 0 Å². The zero-order chi connectivity index (χ0) is 21.3. The first-order valence-corrected chi connectivity index (χ1v) is 11.0. The molecule has 0 spiro atoms. The molecule has 1 aromatic carbocycles. The van der Waals surface area contributed by atoms with Crippen LogP contribution in [0.25, 0.3) is 0 Å². The molecule has 1 aliphatic heterocycles. The van der Waals surface area contributed by atoms with Crippen molar-refractivity contribution in [2.45, 2.75) is 76.0 Å². The van der Waals surface area contributed by atoms with Crippen LogP contribution in [0.15, 0.2) is 29.3 Å². The van der Waals surface area contributed by atoms with Crippen LogP contribution < -0.4 is 16.0 Å². The van der Waals surface area contributed by atoms with Gasteiger partial charge in [-0.15, -0.1) is 0 Å². The van der Waals surface area contributed by atoms with Crippen molar-refractivity contribution < 1.29 is 19.8 Å². The van der Waals surface area contributed by atoms with Gasteiger partial charge in [0.25, 0.3) is 11.8 Å². The summed E-state index contributed by atoms with van der Waals surface area (Å²) >= 11 is 0. The van der Waals surface area contributed by atoms with E-state index in [-0.39, 0.29) is 30.7 Å². The van der Waals surface area contributed by atoms with Crippen molar-refractivity contribution in [2.75, 3.05) is 16.8 Å². The minimum absolute atomic E-state index is 0.0323. The third-order valence-electron chi connectivity index (χ3n) is 6.72. The van der Waals surface area contributed by atoms with Gasteiger partial charge in [0, 0.05) is 36.0 Å². The number of rotatable bonds is 6. The van der Waals surface area contributed by atoms with Crippen LogP contribution in [0.2, 0.25) is 0 Å². The van der Waals surface area contributed by atoms with Crippen molar-refractivity contribution in [1.29, 1.82) is 0 Å². The Morgan fingerprint density at radius 2 is 1.93 bits per heavy atom. The van der Waals surface area contributed by atoms with Gasteiger partial charge in [-0.1, -0.05) is 6.42 Å². The molecule has 0 aromatic heterocycles. The summed E-state index contributed by atoms with van der Waals surface area (Å²) in [7, 11) is 0. The summed E-state index contributed by atoms with van der Waals surface area (Å²) in [5, 5.41) is 22.6. The third kappa shape index (κ3) is 3.96. The summed E-state index contributed by atoms with van der Waals surface area (Å²) in [6.45, 7) is -0.0356. The molecule has 0 bridgehead atoms. The average Bonchev–Trinajstić information content (AvgIpc) is 3.01. The molecule has 2 amide bonds. The van der Waals surface area contributed by atoms with Gasteiger partial charge in [-0.05, 0) is 68.7 Å². The number of hydrogen-bond acceptors (Lipinski definition) is 5. The van der Waals surface area contributed by atoms with E-state index >= 15 is 0 Å². The van der Waals surface area contributed by atoms with Crippen LogP contribution in [0.5, 0.6) is 0 Å². The molecule has 5 N–H and O–H groups in total. The van der Waals surface area contributed by atoms with E-state index in [0.29, 0.717) is 17.7 Å². The number of fused-ring (bicyclic) bond motifs is 1. The Balaban J connectivity index is 1.64. The predicted octanol–water partition coefficient (Wildman–Crippen LogP) is 2.47. The Kier molecular flexibility index (Phi) is 6.11. The summed E-state index contributed by atoms with van der Waals surface area (Å²) in [6, 6.07) is 5.53. The summed E-state index contributed by atoms with van der Waals surface area (Å²) in [4.78, 5) is 27.1. The number of aliphatic hydroxyl groups is 2. The van der Waals surface area contributed by atoms with Crippen LogP contribution in [-0.4, -0.2) is 46.8 Å². The van der Waals surface area contributed by atoms with Gasteiger partial charge in [-0.2, -0.15) is 0 Å². The number of carbonyl (C=O) groups excluding carboxylic acids is 2. The first-order chi connectivity index (χ1) is 14.5. The van der Waals surface area contributed by atoms with E-state index in [2.05, 4.69) is 5.32 Å². The Morgan fingerprint density at radius 1 is 1.17 bits per heavy atom. The van der Waals surface area contributed by atoms with Gasteiger partial charge in [0.15, 0.2) is 0 Å². The maximum Gasteiger partial charge on any atom is 0.254 e. The van der Waals surface area contributed by atoms with Gasteiger partial charge in [-0.3, -0.25) is 9.59 Å². The number of hydrogen-bond donors (Lipinski definition) is 4. The van der Waals surface area contributed by atoms with E-state index in [1.54, 1.807) is 12.1 Å². The summed E-state index contributed by atoms with van der Waals surface area (Å²) < 4.78 is 0. The van der Waals surface area contributed by atoms with Gasteiger partial charge in [0.05, 0.1) is 17.7 Å². The lowest BCUT2D eigenvalue weighted by Crippen LogP contribution is -2.37. The molecule has 7 heteroatoms. The molecular weight excluding hydrogens is 382 g/mol. The van der Waals surface area contributed by atoms with Gasteiger partial charge in [-0.25, -0.2) is 0 Å². The Hall–Kier alpha value is -2.38. The Bertz CT molecular complexity index is 858. The first-order valence-electron chi connectivity index (χ1n) is 11.0. The molecule has 1 atom stereocenters. The summed E-state index contributed by atoms with van der Waals surface area (Å²) in [6.07, 6.45) is 7.18. The van der Waals surface area contributed by atoms with Gasteiger partial charge in [0.1, 0.15) is 0 Å². The molecule has 1 aromatic rings. The van der Waals surface area contributed by atoms with Crippen LogP contribution in [0, 0.1) is 0 Å². The van der Waals surface area contributed by atoms with E-state index in [0.717, 1.165) is 68.2 Å². The van der Waals surface area contributed by atoms with Crippen molar-refractivity contribution in [1.82, 2.24) is 0 Å². The van der Waals surface area contributed by atoms with Crippen LogP contribution in [0.1, 0.15) is 68.1 Å². The van der Waals surface area contributed by atoms with E-state index < -0.39 is 5.91 Å². The Morgan fingerprint density at radius 3 is 2.63 bits per heavy atom. The first kappa shape index (κ1) is 20.9. The topological polar surface area (TPSA) is 116 Å². The van der Waals surface area contributed by atoms with Crippen LogP contribution in [0.4, 0.5) is 11.4 Å². The number of nitrogens with two attached hydrogens (primary N) is 1. The van der Waals surface area contributed by atoms with Crippen LogP contribution >= 0.6 is 0 Å². The monoisotopic (exact) mass is 413 g/mol. The standard InChI is InChI=1S/C23H31N3O4/c24-22(29)19-10-7-15(13-20(19)25-14-5-8-16(28)9-6-14)26-21-4-2-1-3-17(21)18(11-12-27)23(26)30/h7,10,13-14,16,21,25,27-28H,1-6,8-9,11-12H2,(H2,24,29). The minimum atomic E-state index is -0.509. The number of anilines is 2. The van der Waals surface area contributed by atoms with E-state index in [1.807, 2.05) is 11.0 Å². The highest BCUT2D eigenvalue weighted by atomic mass is 16.3. The maximum atomic E-state index is 13.2. The van der Waals surface area contributed by atoms with Gasteiger partial charge in [0.2, 0.25) is 0 Å². The second-order valence-electron chi connectivity index (χ2n) is 8.66. The highest BCUT2D eigenvalue weighted by Gasteiger charge is 2.40. The molecule has 30 heavy (non-hydrogen) atoms. The molecule has 7 nitrogen and oxygen atoms in total. The molecular formula is C23H31N3O4. The number of primary amides is 1. The number of carbonyl (C=O) groups is 2. The van der Waals surface area contributed by atoms with E-state index in [9.17, 15) is 19.8 Å². The largest absolute Gasteiger partial charge is 0.396 e. The average molecular weight is 414 g/mol. The molecule has 1 heterocycles. The molecule has 2 aliphatic carbocycles. The fourth-order valence-corrected chi connectivity index (χ4v) is 5.19. The summed E-state index contributed by atoms with van der Waals surface area (Å²) in [5.41, 5.74) is 9.31. The van der Waals surface area contributed by atoms with Crippen molar-refractivity contribution in [3.05, 3.63) is 34.9 Å². The zero-order valence-corrected chi connectivity index (χ0v) is 17.3. The van der Waals surface area contributed by atoms with E-state index in [4.69, 9.17) is 5.73 Å². The van der Waals surface area contributed by atoms with E-state index in [1.165, 1.54) is 0 Å². The molecule has 2 fully saturated rings. The zero-order valence-electron chi connectivity index (χ0n) is 17.3. The number of amides is 2. The molecule has 4 rings (SSSR count). The van der Waals surface area contributed by atoms with Crippen molar-refractivity contribution in [3.8, 4) is 0 Å². The summed E-state index contributed by atoms with van der Waals surface area (Å²) in [5.74, 6) is -0.547. The minimum Gasteiger partial charge on any atom is -0.396 e. The molecule has 3 aliphatic rings. The van der Waals surface area contributed by atoms with Crippen LogP contribution in [-0.2, 0) is 4.79 Å². The second kappa shape index (κ2) is 8.78. The van der Waals surface area contributed by atoms with Gasteiger partial charge < -0.3 is 26.2 Å². The maximum absolute atomic E-state index is 13.2. The molecule has 0 radical (unpaired) electrons. The number of aliphatic hydroxyl groups excluding tert-OH is 2. The molecule has 162 valence electrons. The van der Waals surface area contributed by atoms with Crippen molar-refractivity contribution in [2.24, 2.45) is 5.73 Å². The molecule has 0 saturated heterocycles. The molecule has 2 saturated carbocycles. The number of benzene rings is 1. The number of nitrogens with one attached hydrogen (secondary N) is 1. The quantitative estimate of drug-likeness (QED) is 0.572. The molecule has 1 unspecified atom stereocenters. The number of nitrogens with zero attached hydrogens (tertiary/aromatic N) is 1. The highest BCUT2D eigenvalue weighted by Crippen LogP contribution is 2.41. The predicted molar refractivity (Wildman–Crippen MR) is 115 cm³/mol. The van der Waals surface area contributed by atoms with Crippen LogP contribution in [0.3, 0.4) is 0 Å². The highest BCUT2D eigenvalue weighted by molar-refractivity contribution is 6.11. The normalized spacial score (nSPS) is 26.7.